The third kappa shape index (κ3) is 8.14. The number of anilines is 1. The van der Waals surface area contributed by atoms with E-state index in [1.165, 1.54) is 0 Å². The summed E-state index contributed by atoms with van der Waals surface area (Å²) < 4.78 is 69.4. The number of alkyl halides is 3. The molecule has 1 aromatic heterocycles. The Morgan fingerprint density at radius 1 is 0.927 bits per heavy atom. The number of nitrogens with one attached hydrogen (secondary N) is 1. The standard InChI is InChI=1S/C25H22F2N4O3.C2HF3O2/c26-18-13-19(27)15-21(14-18)33-20-5-3-4-17(12-20)16-30-8-10-31(11-9-30)25(32)28-24-22-6-1-2-7-23(22)34-29-24;3-2(4,5)1(6)7/h1-7,12-15H,8-11,16H2,(H,28,29,32);(H,6,7). The average molecular weight is 578 g/mol. The number of urea groups is 1. The molecule has 0 unspecified atom stereocenters. The molecule has 0 saturated carbocycles. The highest BCUT2D eigenvalue weighted by atomic mass is 19.4. The molecule has 41 heavy (non-hydrogen) atoms. The number of benzene rings is 3. The predicted octanol–water partition coefficient (Wildman–Crippen LogP) is 5.88. The molecule has 14 heteroatoms. The van der Waals surface area contributed by atoms with E-state index >= 15 is 0 Å². The van der Waals surface area contributed by atoms with Gasteiger partial charge in [0.05, 0.1) is 5.39 Å². The average Bonchev–Trinajstić information content (AvgIpc) is 3.31. The zero-order chi connectivity index (χ0) is 29.6. The SMILES string of the molecule is O=C(Nc1noc2ccccc12)N1CCN(Cc2cccc(Oc3cc(F)cc(F)c3)c2)CC1.O=C(O)C(F)(F)F. The van der Waals surface area contributed by atoms with Gasteiger partial charge in [-0.05, 0) is 29.8 Å². The number of hydrogen-bond donors (Lipinski definition) is 2. The second-order valence-electron chi connectivity index (χ2n) is 8.88. The predicted molar refractivity (Wildman–Crippen MR) is 136 cm³/mol. The number of ether oxygens (including phenoxy) is 1. The van der Waals surface area contributed by atoms with Crippen molar-refractivity contribution in [3.8, 4) is 11.5 Å². The zero-order valence-electron chi connectivity index (χ0n) is 21.2. The maximum absolute atomic E-state index is 13.4. The first-order valence-electron chi connectivity index (χ1n) is 12.1. The highest BCUT2D eigenvalue weighted by Gasteiger charge is 2.38. The Balaban J connectivity index is 0.000000493. The van der Waals surface area contributed by atoms with Crippen molar-refractivity contribution in [2.45, 2.75) is 12.7 Å². The number of carboxylic acid groups (broad SMARTS) is 1. The topological polar surface area (TPSA) is 108 Å². The van der Waals surface area contributed by atoms with Crippen LogP contribution in [0.1, 0.15) is 5.56 Å². The fourth-order valence-electron chi connectivity index (χ4n) is 3.95. The Hall–Kier alpha value is -4.72. The Kier molecular flexibility index (Phi) is 9.02. The van der Waals surface area contributed by atoms with Crippen LogP contribution < -0.4 is 10.1 Å². The summed E-state index contributed by atoms with van der Waals surface area (Å²) in [6, 6.07) is 17.6. The molecule has 5 rings (SSSR count). The summed E-state index contributed by atoms with van der Waals surface area (Å²) >= 11 is 0. The minimum Gasteiger partial charge on any atom is -0.475 e. The summed E-state index contributed by atoms with van der Waals surface area (Å²) in [5.74, 6) is -3.12. The monoisotopic (exact) mass is 578 g/mol. The molecule has 3 aromatic carbocycles. The van der Waals surface area contributed by atoms with Gasteiger partial charge in [0, 0.05) is 50.9 Å². The Labute approximate surface area is 229 Å². The van der Waals surface area contributed by atoms with Crippen LogP contribution in [0.3, 0.4) is 0 Å². The minimum absolute atomic E-state index is 0.106. The van der Waals surface area contributed by atoms with Crippen molar-refractivity contribution in [2.75, 3.05) is 31.5 Å². The fourth-order valence-corrected chi connectivity index (χ4v) is 3.95. The molecule has 216 valence electrons. The number of carbonyl (C=O) groups is 2. The number of aromatic nitrogens is 1. The molecule has 1 fully saturated rings. The van der Waals surface area contributed by atoms with Gasteiger partial charge >= 0.3 is 18.2 Å². The number of amides is 2. The fraction of sp³-hybridized carbons (Fsp3) is 0.222. The van der Waals surface area contributed by atoms with E-state index in [9.17, 15) is 26.7 Å². The lowest BCUT2D eigenvalue weighted by Gasteiger charge is -2.34. The van der Waals surface area contributed by atoms with Crippen molar-refractivity contribution in [1.82, 2.24) is 15.0 Å². The van der Waals surface area contributed by atoms with Crippen molar-refractivity contribution >= 4 is 28.8 Å². The van der Waals surface area contributed by atoms with E-state index in [1.807, 2.05) is 36.4 Å². The van der Waals surface area contributed by atoms with Crippen molar-refractivity contribution in [3.63, 3.8) is 0 Å². The highest BCUT2D eigenvalue weighted by molar-refractivity contribution is 5.98. The molecule has 2 N–H and O–H groups in total. The quantitative estimate of drug-likeness (QED) is 0.285. The first-order chi connectivity index (χ1) is 19.5. The van der Waals surface area contributed by atoms with Crippen molar-refractivity contribution in [3.05, 3.63) is 83.9 Å². The summed E-state index contributed by atoms with van der Waals surface area (Å²) in [4.78, 5) is 25.6. The number of piperazine rings is 1. The van der Waals surface area contributed by atoms with Gasteiger partial charge in [-0.15, -0.1) is 0 Å². The Morgan fingerprint density at radius 2 is 1.59 bits per heavy atom. The number of aliphatic carboxylic acids is 1. The molecule has 1 saturated heterocycles. The van der Waals surface area contributed by atoms with E-state index in [0.717, 1.165) is 29.1 Å². The van der Waals surface area contributed by atoms with Crippen LogP contribution in [0.15, 0.2) is 71.3 Å². The van der Waals surface area contributed by atoms with Crippen molar-refractivity contribution in [1.29, 1.82) is 0 Å². The summed E-state index contributed by atoms with van der Waals surface area (Å²) in [6.07, 6.45) is -5.08. The number of fused-ring (bicyclic) bond motifs is 1. The third-order valence-electron chi connectivity index (χ3n) is 5.88. The smallest absolute Gasteiger partial charge is 0.475 e. The van der Waals surface area contributed by atoms with Crippen LogP contribution in [-0.2, 0) is 11.3 Å². The highest BCUT2D eigenvalue weighted by Crippen LogP contribution is 2.25. The van der Waals surface area contributed by atoms with E-state index < -0.39 is 23.8 Å². The summed E-state index contributed by atoms with van der Waals surface area (Å²) in [5.41, 5.74) is 1.62. The van der Waals surface area contributed by atoms with Gasteiger partial charge in [-0.3, -0.25) is 10.2 Å². The normalized spacial score (nSPS) is 13.8. The van der Waals surface area contributed by atoms with E-state index in [-0.39, 0.29) is 11.8 Å². The van der Waals surface area contributed by atoms with Crippen LogP contribution in [-0.4, -0.2) is 64.4 Å². The molecule has 0 bridgehead atoms. The van der Waals surface area contributed by atoms with E-state index in [2.05, 4.69) is 15.4 Å². The van der Waals surface area contributed by atoms with Crippen LogP contribution >= 0.6 is 0 Å². The van der Waals surface area contributed by atoms with Gasteiger partial charge in [0.25, 0.3) is 0 Å². The van der Waals surface area contributed by atoms with Gasteiger partial charge in [-0.2, -0.15) is 13.2 Å². The molecular weight excluding hydrogens is 555 g/mol. The number of hydrogen-bond acceptors (Lipinski definition) is 6. The Bertz CT molecular complexity index is 1500. The molecule has 0 atom stereocenters. The summed E-state index contributed by atoms with van der Waals surface area (Å²) in [6.45, 7) is 3.21. The molecule has 1 aliphatic heterocycles. The number of rotatable bonds is 5. The van der Waals surface area contributed by atoms with Crippen LogP contribution in [0, 0.1) is 11.6 Å². The van der Waals surface area contributed by atoms with Gasteiger partial charge in [0.2, 0.25) is 0 Å². The second kappa shape index (κ2) is 12.6. The molecule has 0 spiro atoms. The third-order valence-corrected chi connectivity index (χ3v) is 5.88. The first kappa shape index (κ1) is 29.3. The zero-order valence-corrected chi connectivity index (χ0v) is 21.2. The molecule has 1 aliphatic rings. The maximum atomic E-state index is 13.4. The molecule has 0 radical (unpaired) electrons. The molecule has 9 nitrogen and oxygen atoms in total. The van der Waals surface area contributed by atoms with Crippen LogP contribution in [0.25, 0.3) is 11.0 Å². The summed E-state index contributed by atoms with van der Waals surface area (Å²) in [5, 5.41) is 14.7. The largest absolute Gasteiger partial charge is 0.490 e. The van der Waals surface area contributed by atoms with Gasteiger partial charge in [-0.1, -0.05) is 29.4 Å². The first-order valence-corrected chi connectivity index (χ1v) is 12.1. The number of carboxylic acids is 1. The van der Waals surface area contributed by atoms with Gasteiger partial charge in [0.1, 0.15) is 23.1 Å². The molecule has 4 aromatic rings. The molecule has 2 amide bonds. The van der Waals surface area contributed by atoms with Crippen LogP contribution in [0.4, 0.5) is 32.6 Å². The lowest BCUT2D eigenvalue weighted by atomic mass is 10.2. The number of carbonyl (C=O) groups excluding carboxylic acids is 1. The van der Waals surface area contributed by atoms with Gasteiger partial charge < -0.3 is 19.3 Å². The van der Waals surface area contributed by atoms with Crippen molar-refractivity contribution < 1.29 is 45.9 Å². The lowest BCUT2D eigenvalue weighted by molar-refractivity contribution is -0.192. The second-order valence-corrected chi connectivity index (χ2v) is 8.88. The van der Waals surface area contributed by atoms with Crippen molar-refractivity contribution in [2.24, 2.45) is 0 Å². The number of nitrogens with zero attached hydrogens (tertiary/aromatic N) is 3. The Morgan fingerprint density at radius 3 is 2.24 bits per heavy atom. The molecular formula is C27H23F5N4O5. The van der Waals surface area contributed by atoms with Crippen LogP contribution in [0.2, 0.25) is 0 Å². The van der Waals surface area contributed by atoms with Gasteiger partial charge in [0.15, 0.2) is 11.4 Å². The summed E-state index contributed by atoms with van der Waals surface area (Å²) in [7, 11) is 0. The minimum atomic E-state index is -5.08. The van der Waals surface area contributed by atoms with Crippen LogP contribution in [0.5, 0.6) is 11.5 Å². The number of halogens is 5. The maximum Gasteiger partial charge on any atom is 0.490 e. The van der Waals surface area contributed by atoms with E-state index in [0.29, 0.717) is 49.9 Å². The number of para-hydroxylation sites is 1. The van der Waals surface area contributed by atoms with E-state index in [4.69, 9.17) is 19.2 Å². The van der Waals surface area contributed by atoms with E-state index in [1.54, 1.807) is 17.0 Å². The molecule has 0 aliphatic carbocycles. The molecule has 2 heterocycles. The lowest BCUT2D eigenvalue weighted by Crippen LogP contribution is -2.49. The van der Waals surface area contributed by atoms with Gasteiger partial charge in [-0.25, -0.2) is 18.4 Å².